The highest BCUT2D eigenvalue weighted by atomic mass is 16.2. The molecule has 6 nitrogen and oxygen atoms in total. The van der Waals surface area contributed by atoms with Crippen LogP contribution in [-0.4, -0.2) is 40.5 Å². The molecule has 0 aromatic rings. The van der Waals surface area contributed by atoms with Gasteiger partial charge in [-0.25, -0.2) is 9.79 Å². The van der Waals surface area contributed by atoms with Crippen LogP contribution in [0.3, 0.4) is 0 Å². The maximum Gasteiger partial charge on any atom is 0.329 e. The van der Waals surface area contributed by atoms with Gasteiger partial charge in [0.1, 0.15) is 0 Å². The number of nitrogens with zero attached hydrogens (tertiary/aromatic N) is 3. The van der Waals surface area contributed by atoms with Gasteiger partial charge in [-0.15, -0.1) is 0 Å². The number of carbonyl (C=O) groups excluding carboxylic acids is 2. The maximum atomic E-state index is 11.8. The molecule has 1 N–H and O–H groups in total. The highest BCUT2D eigenvalue weighted by molar-refractivity contribution is 5.97. The maximum absolute atomic E-state index is 11.8. The number of hydrogen-bond acceptors (Lipinski definition) is 4. The van der Waals surface area contributed by atoms with E-state index in [9.17, 15) is 9.59 Å². The molecule has 98 valence electrons. The van der Waals surface area contributed by atoms with E-state index in [0.29, 0.717) is 18.8 Å². The third-order valence-corrected chi connectivity index (χ3v) is 3.36. The zero-order valence-corrected chi connectivity index (χ0v) is 10.5. The molecule has 0 spiro atoms. The Hall–Kier alpha value is -2.37. The van der Waals surface area contributed by atoms with E-state index in [2.05, 4.69) is 10.3 Å². The van der Waals surface area contributed by atoms with E-state index in [4.69, 9.17) is 0 Å². The molecule has 1 unspecified atom stereocenters. The van der Waals surface area contributed by atoms with Crippen molar-refractivity contribution in [2.45, 2.75) is 19.4 Å². The average Bonchev–Trinajstić information content (AvgIpc) is 2.41. The van der Waals surface area contributed by atoms with E-state index in [1.54, 1.807) is 6.21 Å². The van der Waals surface area contributed by atoms with Gasteiger partial charge < -0.3 is 4.90 Å². The molecule has 3 rings (SSSR count). The minimum Gasteiger partial charge on any atom is -0.337 e. The summed E-state index contributed by atoms with van der Waals surface area (Å²) >= 11 is 0. The number of aliphatic imine (C=N–C) groups is 1. The summed E-state index contributed by atoms with van der Waals surface area (Å²) < 4.78 is 0. The number of carbonyl (C=O) groups is 2. The molecule has 19 heavy (non-hydrogen) atoms. The first-order valence-corrected chi connectivity index (χ1v) is 6.16. The highest BCUT2D eigenvalue weighted by Gasteiger charge is 2.30. The number of urea groups is 1. The molecule has 0 aromatic carbocycles. The normalized spacial score (nSPS) is 25.8. The van der Waals surface area contributed by atoms with E-state index >= 15 is 0 Å². The Morgan fingerprint density at radius 1 is 1.37 bits per heavy atom. The van der Waals surface area contributed by atoms with Crippen molar-refractivity contribution in [2.75, 3.05) is 6.54 Å². The minimum absolute atomic E-state index is 0.100. The number of hydrogen-bond donors (Lipinski definition) is 1. The lowest BCUT2D eigenvalue weighted by Crippen LogP contribution is -2.50. The molecule has 3 heterocycles. The molecule has 3 amide bonds. The molecule has 3 aliphatic heterocycles. The second-order valence-electron chi connectivity index (χ2n) is 4.57. The Morgan fingerprint density at radius 3 is 3.00 bits per heavy atom. The van der Waals surface area contributed by atoms with Crippen LogP contribution in [0.4, 0.5) is 4.79 Å². The quantitative estimate of drug-likeness (QED) is 0.761. The Labute approximate surface area is 110 Å². The van der Waals surface area contributed by atoms with Crippen LogP contribution < -0.4 is 5.32 Å². The Bertz CT molecular complexity index is 559. The van der Waals surface area contributed by atoms with Crippen LogP contribution in [0.25, 0.3) is 0 Å². The van der Waals surface area contributed by atoms with E-state index in [1.807, 2.05) is 36.3 Å². The molecular formula is C13H14N4O2. The van der Waals surface area contributed by atoms with E-state index in [1.165, 1.54) is 4.90 Å². The molecule has 1 fully saturated rings. The van der Waals surface area contributed by atoms with Crippen molar-refractivity contribution >= 4 is 18.2 Å². The summed E-state index contributed by atoms with van der Waals surface area (Å²) in [5.74, 6) is 0.360. The summed E-state index contributed by atoms with van der Waals surface area (Å²) in [5, 5.41) is 2.31. The molecule has 1 atom stereocenters. The van der Waals surface area contributed by atoms with Gasteiger partial charge in [0, 0.05) is 25.4 Å². The predicted octanol–water partition coefficient (Wildman–Crippen LogP) is 0.956. The molecular weight excluding hydrogens is 244 g/mol. The molecule has 0 saturated carbocycles. The lowest BCUT2D eigenvalue weighted by Gasteiger charge is -2.36. The smallest absolute Gasteiger partial charge is 0.329 e. The zero-order valence-electron chi connectivity index (χ0n) is 10.5. The third kappa shape index (κ3) is 1.95. The van der Waals surface area contributed by atoms with Crippen molar-refractivity contribution in [1.29, 1.82) is 0 Å². The molecule has 6 heteroatoms. The summed E-state index contributed by atoms with van der Waals surface area (Å²) in [6.07, 6.45) is 10.00. The first-order chi connectivity index (χ1) is 9.16. The van der Waals surface area contributed by atoms with E-state index in [0.717, 1.165) is 5.70 Å². The molecule has 0 aliphatic carbocycles. The summed E-state index contributed by atoms with van der Waals surface area (Å²) in [4.78, 5) is 30.9. The molecule has 0 aromatic heterocycles. The predicted molar refractivity (Wildman–Crippen MR) is 70.0 cm³/mol. The van der Waals surface area contributed by atoms with Gasteiger partial charge in [0.25, 0.3) is 0 Å². The Morgan fingerprint density at radius 2 is 2.21 bits per heavy atom. The van der Waals surface area contributed by atoms with Crippen LogP contribution in [0.5, 0.6) is 0 Å². The molecule has 0 radical (unpaired) electrons. The standard InChI is InChI=1S/C13H14N4O2/c1-9-12(17-7-5-11(18)15-13(17)19)14-8-10-4-2-3-6-16(9)10/h2-4,6,8,10H,5,7H2,1H3,(H,15,18,19). The Balaban J connectivity index is 1.90. The second kappa shape index (κ2) is 4.38. The fourth-order valence-electron chi connectivity index (χ4n) is 2.36. The van der Waals surface area contributed by atoms with Crippen molar-refractivity contribution in [2.24, 2.45) is 4.99 Å². The summed E-state index contributed by atoms with van der Waals surface area (Å²) in [5.41, 5.74) is 0.901. The van der Waals surface area contributed by atoms with Crippen LogP contribution in [0, 0.1) is 0 Å². The van der Waals surface area contributed by atoms with Gasteiger partial charge in [0.15, 0.2) is 5.82 Å². The van der Waals surface area contributed by atoms with Gasteiger partial charge in [0.2, 0.25) is 5.91 Å². The van der Waals surface area contributed by atoms with Crippen LogP contribution in [-0.2, 0) is 4.79 Å². The van der Waals surface area contributed by atoms with Gasteiger partial charge in [-0.3, -0.25) is 15.0 Å². The molecule has 3 aliphatic rings. The molecule has 0 bridgehead atoms. The fraction of sp³-hybridized carbons (Fsp3) is 0.308. The second-order valence-corrected chi connectivity index (χ2v) is 4.57. The minimum atomic E-state index is -0.405. The zero-order chi connectivity index (χ0) is 13.4. The Kier molecular flexibility index (Phi) is 2.70. The summed E-state index contributed by atoms with van der Waals surface area (Å²) in [6, 6.07) is -0.305. The number of imide groups is 1. The van der Waals surface area contributed by atoms with Crippen molar-refractivity contribution < 1.29 is 9.59 Å². The number of allylic oxidation sites excluding steroid dienone is 3. The van der Waals surface area contributed by atoms with Crippen LogP contribution in [0.2, 0.25) is 0 Å². The van der Waals surface area contributed by atoms with Crippen LogP contribution in [0.15, 0.2) is 40.9 Å². The third-order valence-electron chi connectivity index (χ3n) is 3.36. The summed E-state index contributed by atoms with van der Waals surface area (Å²) in [7, 11) is 0. The van der Waals surface area contributed by atoms with Crippen LogP contribution >= 0.6 is 0 Å². The number of nitrogens with one attached hydrogen (secondary N) is 1. The topological polar surface area (TPSA) is 65.0 Å². The number of fused-ring (bicyclic) bond motifs is 1. The summed E-state index contributed by atoms with van der Waals surface area (Å²) in [6.45, 7) is 2.29. The van der Waals surface area contributed by atoms with Gasteiger partial charge in [-0.1, -0.05) is 12.2 Å². The van der Waals surface area contributed by atoms with E-state index in [-0.39, 0.29) is 11.9 Å². The monoisotopic (exact) mass is 258 g/mol. The van der Waals surface area contributed by atoms with Crippen molar-refractivity contribution in [3.05, 3.63) is 35.9 Å². The largest absolute Gasteiger partial charge is 0.337 e. The lowest BCUT2D eigenvalue weighted by atomic mass is 10.1. The fourth-order valence-corrected chi connectivity index (χ4v) is 2.36. The van der Waals surface area contributed by atoms with Crippen molar-refractivity contribution in [3.8, 4) is 0 Å². The van der Waals surface area contributed by atoms with E-state index < -0.39 is 6.03 Å². The van der Waals surface area contributed by atoms with Gasteiger partial charge in [-0.05, 0) is 13.0 Å². The SMILES string of the molecule is CC1=C(N2CCC(=O)NC2=O)N=CC2C=CC=CN12. The van der Waals surface area contributed by atoms with Crippen molar-refractivity contribution in [1.82, 2.24) is 15.1 Å². The van der Waals surface area contributed by atoms with Crippen molar-refractivity contribution in [3.63, 3.8) is 0 Å². The van der Waals surface area contributed by atoms with Crippen LogP contribution in [0.1, 0.15) is 13.3 Å². The number of rotatable bonds is 1. The molecule has 1 saturated heterocycles. The van der Waals surface area contributed by atoms with Gasteiger partial charge in [-0.2, -0.15) is 0 Å². The highest BCUT2D eigenvalue weighted by Crippen LogP contribution is 2.25. The van der Waals surface area contributed by atoms with Gasteiger partial charge >= 0.3 is 6.03 Å². The lowest BCUT2D eigenvalue weighted by molar-refractivity contribution is -0.121. The average molecular weight is 258 g/mol. The first kappa shape index (κ1) is 11.7. The number of amides is 3. The first-order valence-electron chi connectivity index (χ1n) is 6.16. The van der Waals surface area contributed by atoms with Gasteiger partial charge in [0.05, 0.1) is 11.7 Å².